The molecular formula is C90H124CaCdN13O19-. The van der Waals surface area contributed by atoms with Crippen molar-refractivity contribution in [3.05, 3.63) is 199 Å². The van der Waals surface area contributed by atoms with Gasteiger partial charge in [-0.05, 0) is 136 Å². The van der Waals surface area contributed by atoms with Crippen LogP contribution in [0, 0.1) is 82.3 Å². The fourth-order valence-electron chi connectivity index (χ4n) is 15.0. The predicted molar refractivity (Wildman–Crippen MR) is 463 cm³/mol. The van der Waals surface area contributed by atoms with Gasteiger partial charge in [-0.1, -0.05) is 117 Å². The smallest absolute Gasteiger partial charge is 1.00 e. The molecule has 1 saturated carbocycles. The van der Waals surface area contributed by atoms with Crippen molar-refractivity contribution in [2.24, 2.45) is 26.7 Å². The average Bonchev–Trinajstić information content (AvgIpc) is 0.808. The molecule has 5 saturated heterocycles. The molecule has 3 aromatic carbocycles. The van der Waals surface area contributed by atoms with Crippen LogP contribution in [0.25, 0.3) is 0 Å². The quantitative estimate of drug-likeness (QED) is 0.0198. The zero-order valence-electron chi connectivity index (χ0n) is 74.9. The van der Waals surface area contributed by atoms with Gasteiger partial charge in [0, 0.05) is 158 Å². The van der Waals surface area contributed by atoms with Gasteiger partial charge >= 0.3 is 43.8 Å². The number of rotatable bonds is 9. The van der Waals surface area contributed by atoms with E-state index in [-0.39, 0.29) is 135 Å². The number of carbonyl (C=O) groups excluding carboxylic acids is 2. The average molecular weight is 1840 g/mol. The van der Waals surface area contributed by atoms with E-state index in [4.69, 9.17) is 68.6 Å². The number of pyridine rings is 3. The Morgan fingerprint density at radius 1 is 0.540 bits per heavy atom. The molecule has 15 rings (SSSR count). The van der Waals surface area contributed by atoms with Crippen molar-refractivity contribution < 1.29 is 107 Å². The summed E-state index contributed by atoms with van der Waals surface area (Å²) in [5, 5.41) is 53.0. The molecule has 2 unspecified atom stereocenters. The van der Waals surface area contributed by atoms with Crippen molar-refractivity contribution in [1.82, 2.24) is 30.4 Å². The molecule has 6 aromatic rings. The Morgan fingerprint density at radius 3 is 1.28 bits per heavy atom. The number of aromatic nitrogens is 3. The van der Waals surface area contributed by atoms with Crippen LogP contribution in [0.2, 0.25) is 0 Å². The topological polar surface area (TPSA) is 408 Å². The number of aryl methyl sites for hydroxylation is 6. The number of fused-ring (bicyclic) bond motifs is 3. The molecule has 5 aliphatic heterocycles. The monoisotopic (exact) mass is 1840 g/mol. The summed E-state index contributed by atoms with van der Waals surface area (Å²) in [6.07, 6.45) is 26.2. The van der Waals surface area contributed by atoms with Gasteiger partial charge in [-0.3, -0.25) is 54.9 Å². The normalized spacial score (nSPS) is 21.3. The van der Waals surface area contributed by atoms with E-state index in [1.165, 1.54) is 24.5 Å². The molecule has 0 radical (unpaired) electrons. The molecule has 3 N–H and O–H groups in total. The van der Waals surface area contributed by atoms with Crippen molar-refractivity contribution in [2.75, 3.05) is 72.2 Å². The minimum Gasteiger partial charge on any atom is -1.00 e. The number of likely N-dealkylation sites (N-methyl/N-ethyl adjacent to an activating group) is 1. The van der Waals surface area contributed by atoms with E-state index in [9.17, 15) is 39.9 Å². The molecule has 8 heterocycles. The zero-order chi connectivity index (χ0) is 86.2. The van der Waals surface area contributed by atoms with E-state index < -0.39 is 50.1 Å². The number of nitrogens with two attached hydrogens (primary N) is 1. The number of likely N-dealkylation sites (tertiary alicyclic amines) is 1. The number of aliphatic imine (C=N–C) groups is 1. The van der Waals surface area contributed by atoms with Gasteiger partial charge in [0.25, 0.3) is 23.8 Å². The number of amides is 1. The van der Waals surface area contributed by atoms with E-state index in [0.717, 1.165) is 180 Å². The van der Waals surface area contributed by atoms with Gasteiger partial charge in [0.05, 0.1) is 94.5 Å². The minimum atomic E-state index is -1.47. The van der Waals surface area contributed by atoms with Crippen molar-refractivity contribution in [3.63, 3.8) is 0 Å². The second-order valence-corrected chi connectivity index (χ2v) is 35.1. The SMILES string of the molecule is C.CC1(C)COC2(CCCC(=O)CCC2)OC1.CC1(C)COC2(CCCc3ncc(N)cc3CC2)OC1.CC1(C)COC2(CCCc3ncc(N=C(NC#N)Oc4ccccc4)cc3CC2)OC1.CC1(C)COC2(CCCc3ncc([N+](=O)[O-])cc3CC2)OC1.CN1CC([N+](=O)[O-])CC([N+](=O)[O-])C1=O.N#CN(Oc1ccccc1)Oc1ccccc1.[CH3-].[Ca+2].[Cd].[H-].[H-]. The van der Waals surface area contributed by atoms with Crippen LogP contribution in [0.1, 0.15) is 202 Å². The second-order valence-electron chi connectivity index (χ2n) is 35.1. The Kier molecular flexibility index (Phi) is 40.5. The first kappa shape index (κ1) is 105. The third kappa shape index (κ3) is 32.0. The van der Waals surface area contributed by atoms with Crippen molar-refractivity contribution >= 4 is 72.5 Å². The summed E-state index contributed by atoms with van der Waals surface area (Å²) >= 11 is 0. The maximum atomic E-state index is 11.3. The molecule has 34 heteroatoms. The summed E-state index contributed by atoms with van der Waals surface area (Å²) in [5.41, 5.74) is 14.2. The van der Waals surface area contributed by atoms with Crippen LogP contribution in [-0.2, 0) is 113 Å². The van der Waals surface area contributed by atoms with E-state index in [2.05, 4.69) is 80.7 Å². The van der Waals surface area contributed by atoms with E-state index in [0.29, 0.717) is 74.4 Å². The van der Waals surface area contributed by atoms with Crippen LogP contribution >= 0.6 is 0 Å². The standard InChI is InChI=1S/C24H28N4O3.C16H22N2O4.C16H24N2O2.C13H10N2O2.C13H22O3.C6H9N3O5.CH4.CH3.Ca.Cd.2H/c1-23(2)15-29-24(30-16-23)11-6-9-21-18(10-12-24)13-19(14-26-21)28-22(27-17-25)31-20-7-4-3-5-8-20;1-15(2)10-21-16(22-11-15)6-3-4-14-12(5-7-16)8-13(9-17-14)18(19)20;1-15(2)10-19-16(20-11-15)6-3-4-14-12(5-7-16)8-13(17)9-18-14;14-11-15(16-12-7-3-1-4-8-12)17-13-9-5-2-6-10-13;1-12(2)9-15-13(16-10-12)7-3-5-11(14)6-4-8-13;1-7-3-4(8(11)12)2-5(6(7)10)9(13)14;;;;;;/h3-5,7-8,13-14H,6,9-12,15-16H2,1-2H3,(H,27,28);8-9H,3-7,10-11H2,1-2H3;8-9H,3-7,10-11,17H2,1-2H3;1-10H;3-10H2,1-2H3;4-5H,2-3H2,1H3;1H4;1H3;;;;/q;;;;;;;-1;+2;;2*-1. The maximum Gasteiger partial charge on any atom is 2.00 e. The number of nitrogens with zero attached hydrogens (tertiary/aromatic N) is 11. The van der Waals surface area contributed by atoms with E-state index >= 15 is 0 Å². The number of hydrogen-bond acceptors (Lipinski definition) is 27. The van der Waals surface area contributed by atoms with Gasteiger partial charge in [0.1, 0.15) is 17.7 Å². The Labute approximate surface area is 781 Å². The Morgan fingerprint density at radius 2 is 0.903 bits per heavy atom. The van der Waals surface area contributed by atoms with Crippen LogP contribution in [-0.4, -0.2) is 197 Å². The Balaban J connectivity index is 0.000000320. The predicted octanol–water partition coefficient (Wildman–Crippen LogP) is 15.5. The zero-order valence-corrected chi connectivity index (χ0v) is 79.1. The van der Waals surface area contributed by atoms with E-state index in [1.54, 1.807) is 61.1 Å². The number of anilines is 1. The largest absolute Gasteiger partial charge is 2.00 e. The fraction of sp³-hybridized carbons (Fsp3) is 0.567. The number of hydrogen-bond donors (Lipinski definition) is 2. The van der Waals surface area contributed by atoms with Crippen molar-refractivity contribution in [1.29, 1.82) is 10.5 Å². The van der Waals surface area contributed by atoms with Crippen LogP contribution in [0.3, 0.4) is 0 Å². The van der Waals surface area contributed by atoms with Gasteiger partial charge in [-0.25, -0.2) is 5.32 Å². The number of benzene rings is 3. The number of nitrogen functional groups attached to an aromatic ring is 1. The minimum absolute atomic E-state index is 0. The van der Waals surface area contributed by atoms with Crippen LogP contribution in [0.5, 0.6) is 17.2 Å². The van der Waals surface area contributed by atoms with Crippen LogP contribution in [0.4, 0.5) is 17.1 Å². The molecule has 2 atom stereocenters. The number of Topliss-reactive ketones (excluding diaryl/α,β-unsaturated/α-hetero) is 1. The first-order valence-corrected chi connectivity index (χ1v) is 41.3. The molecule has 4 spiro atoms. The number of nitrogens with one attached hydrogen (secondary N) is 1. The summed E-state index contributed by atoms with van der Waals surface area (Å²) in [7, 11) is 1.33. The Hall–Kier alpha value is -8.24. The van der Waals surface area contributed by atoms with Crippen LogP contribution in [0.15, 0.2) is 133 Å². The Bertz CT molecular complexity index is 4480. The number of carbonyl (C=O) groups is 2. The number of amidine groups is 1. The van der Waals surface area contributed by atoms with Crippen LogP contribution < -0.4 is 25.5 Å². The summed E-state index contributed by atoms with van der Waals surface area (Å²) in [4.78, 5) is 81.9. The number of ketones is 1. The molecule has 668 valence electrons. The first-order valence-electron chi connectivity index (χ1n) is 41.3. The summed E-state index contributed by atoms with van der Waals surface area (Å²) in [6, 6.07) is 30.5. The summed E-state index contributed by atoms with van der Waals surface area (Å²) in [6.45, 7) is 23.1. The van der Waals surface area contributed by atoms with E-state index in [1.807, 2.05) is 72.9 Å². The molecule has 3 aromatic heterocycles. The van der Waals surface area contributed by atoms with Gasteiger partial charge in [0.15, 0.2) is 40.8 Å². The summed E-state index contributed by atoms with van der Waals surface area (Å²) in [5.74, 6) is -0.406. The maximum absolute atomic E-state index is 11.3. The molecular weight excluding hydrogens is 1720 g/mol. The first-order chi connectivity index (χ1) is 57.2. The molecule has 6 fully saturated rings. The molecule has 1 amide bonds. The number of ether oxygens (including phenoxy) is 9. The van der Waals surface area contributed by atoms with Gasteiger partial charge in [-0.2, -0.15) is 15.5 Å². The number of piperidine rings is 1. The number of nitriles is 2. The fourth-order valence-corrected chi connectivity index (χ4v) is 15.0. The molecule has 124 heavy (non-hydrogen) atoms. The van der Waals surface area contributed by atoms with Crippen molar-refractivity contribution in [3.8, 4) is 29.6 Å². The number of para-hydroxylation sites is 3. The number of nitro groups is 3. The van der Waals surface area contributed by atoms with Gasteiger partial charge < -0.3 is 73.2 Å². The summed E-state index contributed by atoms with van der Waals surface area (Å²) < 4.78 is 54.5. The third-order valence-corrected chi connectivity index (χ3v) is 21.9. The van der Waals surface area contributed by atoms with Gasteiger partial charge in [0.2, 0.25) is 6.04 Å². The molecule has 0 bridgehead atoms. The van der Waals surface area contributed by atoms with Crippen molar-refractivity contribution in [2.45, 2.75) is 239 Å². The molecule has 32 nitrogen and oxygen atoms in total. The number of hydroxylamine groups is 2. The third-order valence-electron chi connectivity index (χ3n) is 21.9. The van der Waals surface area contributed by atoms with Gasteiger partial charge in [-0.15, -0.1) is 0 Å². The second kappa shape index (κ2) is 48.1. The molecule has 4 aliphatic carbocycles. The molecule has 9 aliphatic rings.